The summed E-state index contributed by atoms with van der Waals surface area (Å²) in [5, 5.41) is 8.63. The summed E-state index contributed by atoms with van der Waals surface area (Å²) < 4.78 is 5.62. The zero-order valence-electron chi connectivity index (χ0n) is 10.6. The molecule has 0 bridgehead atoms. The Balaban J connectivity index is 2.19. The van der Waals surface area contributed by atoms with Gasteiger partial charge in [-0.3, -0.25) is 0 Å². The van der Waals surface area contributed by atoms with Crippen LogP contribution in [-0.4, -0.2) is 18.3 Å². The van der Waals surface area contributed by atoms with Crippen molar-refractivity contribution in [3.63, 3.8) is 0 Å². The standard InChI is InChI=1S/C14H23NO2/c1-12(15)13-6-8-14(9-7-13)17-11-5-3-2-4-10-16/h6-9,12,16H,2-5,10-11,15H2,1H3. The monoisotopic (exact) mass is 237 g/mol. The van der Waals surface area contributed by atoms with Crippen LogP contribution in [0, 0.1) is 0 Å². The van der Waals surface area contributed by atoms with Crippen molar-refractivity contribution < 1.29 is 9.84 Å². The van der Waals surface area contributed by atoms with Gasteiger partial charge in [0.2, 0.25) is 0 Å². The maximum atomic E-state index is 8.63. The molecule has 0 aliphatic heterocycles. The molecule has 1 unspecified atom stereocenters. The average Bonchev–Trinajstić information content (AvgIpc) is 2.34. The van der Waals surface area contributed by atoms with Crippen molar-refractivity contribution in [2.24, 2.45) is 5.73 Å². The van der Waals surface area contributed by atoms with Crippen molar-refractivity contribution >= 4 is 0 Å². The zero-order chi connectivity index (χ0) is 12.5. The van der Waals surface area contributed by atoms with Gasteiger partial charge in [-0.15, -0.1) is 0 Å². The molecule has 0 aliphatic rings. The van der Waals surface area contributed by atoms with Gasteiger partial charge < -0.3 is 15.6 Å². The first-order chi connectivity index (χ1) is 8.24. The lowest BCUT2D eigenvalue weighted by Crippen LogP contribution is -2.04. The number of nitrogens with two attached hydrogens (primary N) is 1. The van der Waals surface area contributed by atoms with Crippen LogP contribution in [0.5, 0.6) is 5.75 Å². The molecular formula is C14H23NO2. The van der Waals surface area contributed by atoms with Crippen LogP contribution in [0.2, 0.25) is 0 Å². The Hall–Kier alpha value is -1.06. The molecule has 0 spiro atoms. The molecule has 0 saturated heterocycles. The molecule has 0 radical (unpaired) electrons. The van der Waals surface area contributed by atoms with Gasteiger partial charge in [0.25, 0.3) is 0 Å². The highest BCUT2D eigenvalue weighted by Gasteiger charge is 1.99. The van der Waals surface area contributed by atoms with Crippen LogP contribution in [0.15, 0.2) is 24.3 Å². The summed E-state index contributed by atoms with van der Waals surface area (Å²) in [7, 11) is 0. The van der Waals surface area contributed by atoms with E-state index in [0.29, 0.717) is 6.61 Å². The van der Waals surface area contributed by atoms with Gasteiger partial charge in [0.05, 0.1) is 6.61 Å². The molecule has 0 aliphatic carbocycles. The molecule has 1 rings (SSSR count). The van der Waals surface area contributed by atoms with Crippen LogP contribution in [0.4, 0.5) is 0 Å². The number of benzene rings is 1. The van der Waals surface area contributed by atoms with E-state index < -0.39 is 0 Å². The normalized spacial score (nSPS) is 12.4. The van der Waals surface area contributed by atoms with Crippen LogP contribution in [-0.2, 0) is 0 Å². The SMILES string of the molecule is CC(N)c1ccc(OCCCCCCO)cc1. The molecule has 0 aromatic heterocycles. The molecule has 17 heavy (non-hydrogen) atoms. The Kier molecular flexibility index (Phi) is 6.67. The van der Waals surface area contributed by atoms with E-state index in [9.17, 15) is 0 Å². The second-order valence-electron chi connectivity index (χ2n) is 4.34. The van der Waals surface area contributed by atoms with E-state index in [4.69, 9.17) is 15.6 Å². The van der Waals surface area contributed by atoms with Crippen molar-refractivity contribution in [3.05, 3.63) is 29.8 Å². The second-order valence-corrected chi connectivity index (χ2v) is 4.34. The van der Waals surface area contributed by atoms with Gasteiger partial charge in [-0.2, -0.15) is 0 Å². The third-order valence-corrected chi connectivity index (χ3v) is 2.73. The van der Waals surface area contributed by atoms with Gasteiger partial charge in [0, 0.05) is 12.6 Å². The summed E-state index contributed by atoms with van der Waals surface area (Å²) in [5.41, 5.74) is 6.90. The van der Waals surface area contributed by atoms with E-state index in [-0.39, 0.29) is 6.04 Å². The second kappa shape index (κ2) is 8.09. The molecule has 3 N–H and O–H groups in total. The van der Waals surface area contributed by atoms with Crippen LogP contribution >= 0.6 is 0 Å². The van der Waals surface area contributed by atoms with Gasteiger partial charge in [0.1, 0.15) is 5.75 Å². The lowest BCUT2D eigenvalue weighted by atomic mass is 10.1. The minimum atomic E-state index is 0.0718. The summed E-state index contributed by atoms with van der Waals surface area (Å²) in [6.07, 6.45) is 4.11. The summed E-state index contributed by atoms with van der Waals surface area (Å²) in [6.45, 7) is 3.00. The highest BCUT2D eigenvalue weighted by Crippen LogP contribution is 2.16. The molecule has 0 fully saturated rings. The minimum Gasteiger partial charge on any atom is -0.494 e. The highest BCUT2D eigenvalue weighted by molar-refractivity contribution is 5.28. The number of ether oxygens (including phenoxy) is 1. The lowest BCUT2D eigenvalue weighted by molar-refractivity contribution is 0.273. The average molecular weight is 237 g/mol. The molecule has 96 valence electrons. The van der Waals surface area contributed by atoms with Gasteiger partial charge in [0.15, 0.2) is 0 Å². The Morgan fingerprint density at radius 1 is 1.12 bits per heavy atom. The summed E-state index contributed by atoms with van der Waals surface area (Å²) >= 11 is 0. The van der Waals surface area contributed by atoms with Crippen LogP contribution < -0.4 is 10.5 Å². The van der Waals surface area contributed by atoms with E-state index in [0.717, 1.165) is 43.6 Å². The first kappa shape index (κ1) is 14.0. The zero-order valence-corrected chi connectivity index (χ0v) is 10.6. The first-order valence-corrected chi connectivity index (χ1v) is 6.33. The predicted molar refractivity (Wildman–Crippen MR) is 70.1 cm³/mol. The summed E-state index contributed by atoms with van der Waals surface area (Å²) in [4.78, 5) is 0. The van der Waals surface area contributed by atoms with Crippen LogP contribution in [0.25, 0.3) is 0 Å². The number of hydrogen-bond acceptors (Lipinski definition) is 3. The molecule has 1 atom stereocenters. The van der Waals surface area contributed by atoms with E-state index >= 15 is 0 Å². The van der Waals surface area contributed by atoms with Crippen LogP contribution in [0.1, 0.15) is 44.2 Å². The van der Waals surface area contributed by atoms with Crippen molar-refractivity contribution in [3.8, 4) is 5.75 Å². The third-order valence-electron chi connectivity index (χ3n) is 2.73. The molecule has 0 heterocycles. The third kappa shape index (κ3) is 5.71. The topological polar surface area (TPSA) is 55.5 Å². The maximum Gasteiger partial charge on any atom is 0.119 e. The molecule has 0 amide bonds. The van der Waals surface area contributed by atoms with Gasteiger partial charge >= 0.3 is 0 Å². The molecular weight excluding hydrogens is 214 g/mol. The fourth-order valence-corrected chi connectivity index (χ4v) is 1.63. The minimum absolute atomic E-state index is 0.0718. The Morgan fingerprint density at radius 3 is 2.35 bits per heavy atom. The Bertz CT molecular complexity index is 296. The fourth-order valence-electron chi connectivity index (χ4n) is 1.63. The quantitative estimate of drug-likeness (QED) is 0.683. The smallest absolute Gasteiger partial charge is 0.119 e. The number of rotatable bonds is 8. The van der Waals surface area contributed by atoms with E-state index in [1.807, 2.05) is 31.2 Å². The Morgan fingerprint density at radius 2 is 1.76 bits per heavy atom. The molecule has 3 nitrogen and oxygen atoms in total. The van der Waals surface area contributed by atoms with Crippen molar-refractivity contribution in [1.82, 2.24) is 0 Å². The molecule has 1 aromatic rings. The summed E-state index contributed by atoms with van der Waals surface area (Å²) in [5.74, 6) is 0.900. The van der Waals surface area contributed by atoms with E-state index in [1.165, 1.54) is 0 Å². The fraction of sp³-hybridized carbons (Fsp3) is 0.571. The predicted octanol–water partition coefficient (Wildman–Crippen LogP) is 2.64. The largest absolute Gasteiger partial charge is 0.494 e. The lowest BCUT2D eigenvalue weighted by Gasteiger charge is -2.08. The molecule has 3 heteroatoms. The Labute approximate surface area is 104 Å². The van der Waals surface area contributed by atoms with Crippen molar-refractivity contribution in [1.29, 1.82) is 0 Å². The van der Waals surface area contributed by atoms with Gasteiger partial charge in [-0.1, -0.05) is 18.6 Å². The van der Waals surface area contributed by atoms with Gasteiger partial charge in [-0.25, -0.2) is 0 Å². The maximum absolute atomic E-state index is 8.63. The number of hydrogen-bond donors (Lipinski definition) is 2. The molecule has 1 aromatic carbocycles. The highest BCUT2D eigenvalue weighted by atomic mass is 16.5. The van der Waals surface area contributed by atoms with Gasteiger partial charge in [-0.05, 0) is 43.9 Å². The van der Waals surface area contributed by atoms with E-state index in [2.05, 4.69) is 0 Å². The van der Waals surface area contributed by atoms with Crippen molar-refractivity contribution in [2.45, 2.75) is 38.6 Å². The van der Waals surface area contributed by atoms with E-state index in [1.54, 1.807) is 0 Å². The van der Waals surface area contributed by atoms with Crippen molar-refractivity contribution in [2.75, 3.05) is 13.2 Å². The number of unbranched alkanes of at least 4 members (excludes halogenated alkanes) is 3. The summed E-state index contributed by atoms with van der Waals surface area (Å²) in [6, 6.07) is 8.01. The molecule has 0 saturated carbocycles. The number of aliphatic hydroxyl groups is 1. The first-order valence-electron chi connectivity index (χ1n) is 6.33. The van der Waals surface area contributed by atoms with Crippen LogP contribution in [0.3, 0.4) is 0 Å². The number of aliphatic hydroxyl groups excluding tert-OH is 1.